The summed E-state index contributed by atoms with van der Waals surface area (Å²) in [4.78, 5) is 4.79. The highest BCUT2D eigenvalue weighted by Gasteiger charge is 2.19. The summed E-state index contributed by atoms with van der Waals surface area (Å²) in [5, 5.41) is 4.21. The van der Waals surface area contributed by atoms with Crippen molar-refractivity contribution in [2.24, 2.45) is 0 Å². The zero-order valence-corrected chi connectivity index (χ0v) is 17.4. The highest BCUT2D eigenvalue weighted by molar-refractivity contribution is 7.80. The fraction of sp³-hybridized carbons (Fsp3) is 0.476. The maximum absolute atomic E-state index is 5.61. The van der Waals surface area contributed by atoms with Crippen molar-refractivity contribution in [3.63, 3.8) is 0 Å². The van der Waals surface area contributed by atoms with E-state index in [2.05, 4.69) is 45.7 Å². The van der Waals surface area contributed by atoms with Gasteiger partial charge in [-0.3, -0.25) is 4.90 Å². The number of fused-ring (bicyclic) bond motifs is 1. The molecule has 28 heavy (non-hydrogen) atoms. The second-order valence-electron chi connectivity index (χ2n) is 7.44. The van der Waals surface area contributed by atoms with E-state index in [1.807, 2.05) is 18.2 Å². The number of ether oxygens (including phenoxy) is 2. The van der Waals surface area contributed by atoms with Crippen LogP contribution in [0.25, 0.3) is 0 Å². The van der Waals surface area contributed by atoms with Crippen LogP contribution in [-0.4, -0.2) is 59.0 Å². The summed E-state index contributed by atoms with van der Waals surface area (Å²) in [6.07, 6.45) is 0. The maximum Gasteiger partial charge on any atom is 0.231 e. The number of aromatic nitrogens is 1. The summed E-state index contributed by atoms with van der Waals surface area (Å²) in [6.45, 7) is 11.5. The molecule has 2 aliphatic heterocycles. The van der Waals surface area contributed by atoms with Crippen molar-refractivity contribution in [1.29, 1.82) is 0 Å². The second kappa shape index (κ2) is 8.41. The van der Waals surface area contributed by atoms with E-state index in [4.69, 9.17) is 21.7 Å². The molecule has 2 aromatic rings. The molecule has 2 aliphatic rings. The Labute approximate surface area is 172 Å². The number of piperazine rings is 1. The third-order valence-electron chi connectivity index (χ3n) is 5.60. The van der Waals surface area contributed by atoms with E-state index < -0.39 is 0 Å². The van der Waals surface area contributed by atoms with Crippen LogP contribution in [0, 0.1) is 13.8 Å². The lowest BCUT2D eigenvalue weighted by Crippen LogP contribution is -2.52. The summed E-state index contributed by atoms with van der Waals surface area (Å²) in [5.41, 5.74) is 3.82. The molecule has 0 atom stereocenters. The minimum atomic E-state index is 0.304. The average molecular weight is 401 g/mol. The van der Waals surface area contributed by atoms with E-state index in [0.29, 0.717) is 13.3 Å². The predicted octanol–water partition coefficient (Wildman–Crippen LogP) is 2.53. The van der Waals surface area contributed by atoms with Gasteiger partial charge in [-0.2, -0.15) is 0 Å². The fourth-order valence-electron chi connectivity index (χ4n) is 3.81. The number of hydrogen-bond acceptors (Lipinski definition) is 4. The number of thiocarbonyl (C=S) groups is 1. The van der Waals surface area contributed by atoms with Gasteiger partial charge in [-0.1, -0.05) is 6.07 Å². The summed E-state index contributed by atoms with van der Waals surface area (Å²) >= 11 is 5.61. The van der Waals surface area contributed by atoms with E-state index in [-0.39, 0.29) is 0 Å². The lowest BCUT2D eigenvalue weighted by atomic mass is 10.2. The first kappa shape index (κ1) is 19.1. The molecule has 0 spiro atoms. The van der Waals surface area contributed by atoms with E-state index in [9.17, 15) is 0 Å². The Kier molecular flexibility index (Phi) is 5.73. The molecule has 7 heteroatoms. The molecule has 0 saturated carbocycles. The summed E-state index contributed by atoms with van der Waals surface area (Å²) < 4.78 is 13.2. The van der Waals surface area contributed by atoms with Crippen molar-refractivity contribution < 1.29 is 9.47 Å². The zero-order chi connectivity index (χ0) is 19.5. The molecule has 0 amide bonds. The van der Waals surface area contributed by atoms with Crippen molar-refractivity contribution in [2.45, 2.75) is 26.9 Å². The van der Waals surface area contributed by atoms with Crippen LogP contribution in [0.15, 0.2) is 30.3 Å². The van der Waals surface area contributed by atoms with Gasteiger partial charge >= 0.3 is 0 Å². The van der Waals surface area contributed by atoms with Crippen LogP contribution >= 0.6 is 12.2 Å². The summed E-state index contributed by atoms with van der Waals surface area (Å²) in [5.74, 6) is 1.62. The molecule has 6 nitrogen and oxygen atoms in total. The molecule has 1 aromatic heterocycles. The van der Waals surface area contributed by atoms with Gasteiger partial charge in [0.25, 0.3) is 0 Å². The summed E-state index contributed by atoms with van der Waals surface area (Å²) in [6, 6.07) is 10.4. The normalized spacial score (nSPS) is 16.4. The number of rotatable bonds is 5. The molecule has 150 valence electrons. The van der Waals surface area contributed by atoms with Crippen molar-refractivity contribution in [2.75, 3.05) is 39.5 Å². The maximum atomic E-state index is 5.61. The quantitative estimate of drug-likeness (QED) is 0.778. The minimum Gasteiger partial charge on any atom is -0.454 e. The molecule has 1 aromatic carbocycles. The molecule has 1 saturated heterocycles. The Bertz CT molecular complexity index is 823. The van der Waals surface area contributed by atoms with Gasteiger partial charge in [0.15, 0.2) is 16.6 Å². The monoisotopic (exact) mass is 400 g/mol. The lowest BCUT2D eigenvalue weighted by Gasteiger charge is -2.36. The highest BCUT2D eigenvalue weighted by Crippen LogP contribution is 2.32. The zero-order valence-electron chi connectivity index (χ0n) is 16.6. The van der Waals surface area contributed by atoms with Crippen LogP contribution in [-0.2, 0) is 13.1 Å². The molecule has 0 aliphatic carbocycles. The Balaban J connectivity index is 1.21. The van der Waals surface area contributed by atoms with Gasteiger partial charge in [-0.15, -0.1) is 0 Å². The van der Waals surface area contributed by atoms with E-state index in [0.717, 1.165) is 61.4 Å². The fourth-order valence-corrected chi connectivity index (χ4v) is 4.06. The number of hydrogen-bond donors (Lipinski definition) is 1. The number of benzene rings is 1. The molecule has 4 rings (SSSR count). The number of nitrogens with one attached hydrogen (secondary N) is 1. The van der Waals surface area contributed by atoms with Crippen LogP contribution in [0.1, 0.15) is 17.0 Å². The largest absolute Gasteiger partial charge is 0.454 e. The van der Waals surface area contributed by atoms with Gasteiger partial charge in [-0.25, -0.2) is 0 Å². The first-order valence-corrected chi connectivity index (χ1v) is 10.3. The van der Waals surface area contributed by atoms with Crippen LogP contribution in [0.5, 0.6) is 11.5 Å². The van der Waals surface area contributed by atoms with Gasteiger partial charge in [0.05, 0.1) is 0 Å². The standard InChI is InChI=1S/C21H28N4O2S/c1-16-3-4-17(2)25(16)12-9-23-7-10-24(11-8-23)21(28)22-14-18-5-6-19-20(13-18)27-15-26-19/h3-6,13H,7-12,14-15H2,1-2H3,(H,22,28). The number of nitrogens with zero attached hydrogens (tertiary/aromatic N) is 3. The van der Waals surface area contributed by atoms with Crippen LogP contribution in [0.4, 0.5) is 0 Å². The predicted molar refractivity (Wildman–Crippen MR) is 114 cm³/mol. The molecule has 1 fully saturated rings. The number of aryl methyl sites for hydroxylation is 2. The molecule has 0 unspecified atom stereocenters. The Morgan fingerprint density at radius 3 is 2.43 bits per heavy atom. The SMILES string of the molecule is Cc1ccc(C)n1CCN1CCN(C(=S)NCc2ccc3c(c2)OCO3)CC1. The third kappa shape index (κ3) is 4.25. The molecule has 1 N–H and O–H groups in total. The smallest absolute Gasteiger partial charge is 0.231 e. The third-order valence-corrected chi connectivity index (χ3v) is 6.00. The summed E-state index contributed by atoms with van der Waals surface area (Å²) in [7, 11) is 0. The van der Waals surface area contributed by atoms with Gasteiger partial charge < -0.3 is 24.3 Å². The average Bonchev–Trinajstić information content (AvgIpc) is 3.31. The minimum absolute atomic E-state index is 0.304. The lowest BCUT2D eigenvalue weighted by molar-refractivity contribution is 0.174. The van der Waals surface area contributed by atoms with Crippen molar-refractivity contribution in [1.82, 2.24) is 19.7 Å². The van der Waals surface area contributed by atoms with Gasteiger partial charge in [-0.05, 0) is 55.9 Å². The van der Waals surface area contributed by atoms with E-state index >= 15 is 0 Å². The van der Waals surface area contributed by atoms with Crippen molar-refractivity contribution in [3.05, 3.63) is 47.3 Å². The Hall–Kier alpha value is -2.25. The van der Waals surface area contributed by atoms with Crippen LogP contribution < -0.4 is 14.8 Å². The Morgan fingerprint density at radius 1 is 0.964 bits per heavy atom. The molecule has 3 heterocycles. The van der Waals surface area contributed by atoms with E-state index in [1.165, 1.54) is 11.4 Å². The van der Waals surface area contributed by atoms with Crippen molar-refractivity contribution in [3.8, 4) is 11.5 Å². The van der Waals surface area contributed by atoms with E-state index in [1.54, 1.807) is 0 Å². The van der Waals surface area contributed by atoms with Gasteiger partial charge in [0.1, 0.15) is 0 Å². The van der Waals surface area contributed by atoms with Crippen LogP contribution in [0.3, 0.4) is 0 Å². The molecular formula is C21H28N4O2S. The molecule has 0 radical (unpaired) electrons. The highest BCUT2D eigenvalue weighted by atomic mass is 32.1. The van der Waals surface area contributed by atoms with Crippen LogP contribution in [0.2, 0.25) is 0 Å². The molecular weight excluding hydrogens is 372 g/mol. The van der Waals surface area contributed by atoms with Gasteiger partial charge in [0, 0.05) is 57.2 Å². The topological polar surface area (TPSA) is 41.9 Å². The first-order chi connectivity index (χ1) is 13.6. The van der Waals surface area contributed by atoms with Gasteiger partial charge in [0.2, 0.25) is 6.79 Å². The second-order valence-corrected chi connectivity index (χ2v) is 7.83. The Morgan fingerprint density at radius 2 is 1.68 bits per heavy atom. The van der Waals surface area contributed by atoms with Crippen molar-refractivity contribution >= 4 is 17.3 Å². The first-order valence-electron chi connectivity index (χ1n) is 9.86. The molecule has 0 bridgehead atoms.